The fraction of sp³-hybridized carbons (Fsp3) is 0.750. The smallest absolute Gasteiger partial charge is 0.318 e. The lowest BCUT2D eigenvalue weighted by atomic mass is 10.1. The predicted octanol–water partition coefficient (Wildman–Crippen LogP) is -0.968. The highest BCUT2D eigenvalue weighted by atomic mass is 16.2. The summed E-state index contributed by atoms with van der Waals surface area (Å²) in [6.45, 7) is 6.50. The molecule has 2 rings (SSSR count). The van der Waals surface area contributed by atoms with Gasteiger partial charge in [-0.15, -0.1) is 0 Å². The highest BCUT2D eigenvalue weighted by Crippen LogP contribution is 2.13. The van der Waals surface area contributed by atoms with Crippen LogP contribution in [0.5, 0.6) is 0 Å². The van der Waals surface area contributed by atoms with Crippen LogP contribution >= 0.6 is 0 Å². The Balaban J connectivity index is 2.10. The molecule has 2 aliphatic heterocycles. The molecular weight excluding hydrogens is 326 g/mol. The molecule has 0 radical (unpaired) electrons. The second kappa shape index (κ2) is 8.17. The maximum Gasteiger partial charge on any atom is 0.318 e. The Morgan fingerprint density at radius 3 is 2.56 bits per heavy atom. The van der Waals surface area contributed by atoms with Crippen LogP contribution in [0.1, 0.15) is 33.6 Å². The Morgan fingerprint density at radius 2 is 1.96 bits per heavy atom. The molecule has 0 unspecified atom stereocenters. The Hall–Kier alpha value is -2.32. The van der Waals surface area contributed by atoms with Gasteiger partial charge in [-0.3, -0.25) is 14.4 Å². The molecule has 2 atom stereocenters. The maximum absolute atomic E-state index is 12.7. The minimum Gasteiger partial charge on any atom is -0.354 e. The van der Waals surface area contributed by atoms with E-state index in [2.05, 4.69) is 16.0 Å². The van der Waals surface area contributed by atoms with Crippen molar-refractivity contribution < 1.29 is 19.2 Å². The third-order valence-corrected chi connectivity index (χ3v) is 4.40. The quantitative estimate of drug-likeness (QED) is 0.606. The molecule has 9 nitrogen and oxygen atoms in total. The summed E-state index contributed by atoms with van der Waals surface area (Å²) < 4.78 is 0. The average Bonchev–Trinajstić information content (AvgIpc) is 2.55. The van der Waals surface area contributed by atoms with Crippen LogP contribution in [0.15, 0.2) is 0 Å². The second-order valence-electron chi connectivity index (χ2n) is 6.77. The van der Waals surface area contributed by atoms with E-state index in [1.54, 1.807) is 4.90 Å². The number of carbonyl (C=O) groups excluding carboxylic acids is 4. The summed E-state index contributed by atoms with van der Waals surface area (Å²) in [4.78, 5) is 51.7. The van der Waals surface area contributed by atoms with Crippen LogP contribution in [-0.2, 0) is 14.4 Å². The zero-order valence-corrected chi connectivity index (χ0v) is 15.0. The molecule has 0 saturated carbocycles. The molecule has 0 aromatic heterocycles. The molecule has 0 aromatic rings. The number of carbonyl (C=O) groups is 4. The minimum absolute atomic E-state index is 0.0637. The normalized spacial score (nSPS) is 23.9. The highest BCUT2D eigenvalue weighted by Gasteiger charge is 2.38. The van der Waals surface area contributed by atoms with Crippen LogP contribution in [0.3, 0.4) is 0 Å². The van der Waals surface area contributed by atoms with Crippen molar-refractivity contribution in [3.63, 3.8) is 0 Å². The number of hydrogen-bond acceptors (Lipinski definition) is 4. The summed E-state index contributed by atoms with van der Waals surface area (Å²) in [5.41, 5.74) is 0. The summed E-state index contributed by atoms with van der Waals surface area (Å²) in [6, 6.07) is -1.81. The molecule has 5 amide bonds. The van der Waals surface area contributed by atoms with Crippen molar-refractivity contribution in [3.05, 3.63) is 0 Å². The standard InChI is InChI=1S/C16H27N5O4/c1-10(2)18-16(25)21-8-7-20(11(3)22)9-13(21)15(24)19-12-5-4-6-17-14(12)23/h10,12-13H,4-9H2,1-3H3,(H,17,23)(H,18,25)(H,19,24)/t12-,13-/m0/s1. The lowest BCUT2D eigenvalue weighted by molar-refractivity contribution is -0.137. The molecule has 25 heavy (non-hydrogen) atoms. The first-order valence-corrected chi connectivity index (χ1v) is 8.70. The lowest BCUT2D eigenvalue weighted by Crippen LogP contribution is -2.65. The SMILES string of the molecule is CC(=O)N1CCN(C(=O)NC(C)C)[C@H](C(=O)N[C@H]2CCCNC2=O)C1. The van der Waals surface area contributed by atoms with Gasteiger partial charge in [-0.05, 0) is 26.7 Å². The van der Waals surface area contributed by atoms with E-state index >= 15 is 0 Å². The molecule has 0 aliphatic carbocycles. The average molecular weight is 353 g/mol. The van der Waals surface area contributed by atoms with E-state index in [1.807, 2.05) is 13.8 Å². The third kappa shape index (κ3) is 4.83. The van der Waals surface area contributed by atoms with Gasteiger partial charge in [0.05, 0.1) is 6.54 Å². The van der Waals surface area contributed by atoms with Gasteiger partial charge in [0.1, 0.15) is 12.1 Å². The first-order chi connectivity index (χ1) is 11.8. The Labute approximate surface area is 147 Å². The maximum atomic E-state index is 12.7. The zero-order chi connectivity index (χ0) is 18.6. The van der Waals surface area contributed by atoms with Crippen molar-refractivity contribution >= 4 is 23.8 Å². The summed E-state index contributed by atoms with van der Waals surface area (Å²) >= 11 is 0. The summed E-state index contributed by atoms with van der Waals surface area (Å²) in [5, 5.41) is 8.22. The van der Waals surface area contributed by atoms with E-state index in [0.717, 1.165) is 6.42 Å². The van der Waals surface area contributed by atoms with Crippen molar-refractivity contribution in [2.75, 3.05) is 26.2 Å². The summed E-state index contributed by atoms with van der Waals surface area (Å²) in [7, 11) is 0. The number of nitrogens with zero attached hydrogens (tertiary/aromatic N) is 2. The predicted molar refractivity (Wildman–Crippen MR) is 90.6 cm³/mol. The fourth-order valence-electron chi connectivity index (χ4n) is 3.04. The van der Waals surface area contributed by atoms with E-state index in [9.17, 15) is 19.2 Å². The second-order valence-corrected chi connectivity index (χ2v) is 6.77. The van der Waals surface area contributed by atoms with Gasteiger partial charge >= 0.3 is 6.03 Å². The van der Waals surface area contributed by atoms with Crippen LogP contribution in [0.2, 0.25) is 0 Å². The number of rotatable bonds is 3. The van der Waals surface area contributed by atoms with Crippen LogP contribution in [0, 0.1) is 0 Å². The van der Waals surface area contributed by atoms with Crippen molar-refractivity contribution in [3.8, 4) is 0 Å². The Morgan fingerprint density at radius 1 is 1.24 bits per heavy atom. The molecule has 9 heteroatoms. The van der Waals surface area contributed by atoms with Crippen molar-refractivity contribution in [1.82, 2.24) is 25.8 Å². The van der Waals surface area contributed by atoms with Crippen LogP contribution in [0.4, 0.5) is 4.79 Å². The Bertz CT molecular complexity index is 551. The first-order valence-electron chi connectivity index (χ1n) is 8.70. The number of nitrogens with one attached hydrogen (secondary N) is 3. The van der Waals surface area contributed by atoms with Gasteiger partial charge in [0.2, 0.25) is 17.7 Å². The molecule has 2 fully saturated rings. The van der Waals surface area contributed by atoms with Gasteiger partial charge in [0, 0.05) is 32.6 Å². The topological polar surface area (TPSA) is 111 Å². The molecule has 0 bridgehead atoms. The van der Waals surface area contributed by atoms with Gasteiger partial charge in [0.25, 0.3) is 0 Å². The van der Waals surface area contributed by atoms with Crippen molar-refractivity contribution in [2.24, 2.45) is 0 Å². The molecule has 2 aliphatic rings. The first kappa shape index (κ1) is 19.0. The van der Waals surface area contributed by atoms with Gasteiger partial charge < -0.3 is 25.8 Å². The molecule has 140 valence electrons. The number of piperidine rings is 1. The van der Waals surface area contributed by atoms with Gasteiger partial charge in [0.15, 0.2) is 0 Å². The number of amides is 5. The molecule has 0 spiro atoms. The Kier molecular flexibility index (Phi) is 6.22. The summed E-state index contributed by atoms with van der Waals surface area (Å²) in [6.07, 6.45) is 1.36. The lowest BCUT2D eigenvalue weighted by Gasteiger charge is -2.41. The van der Waals surface area contributed by atoms with E-state index in [0.29, 0.717) is 19.5 Å². The highest BCUT2D eigenvalue weighted by molar-refractivity contribution is 5.92. The van der Waals surface area contributed by atoms with Gasteiger partial charge in [-0.25, -0.2) is 4.79 Å². The minimum atomic E-state index is -0.814. The van der Waals surface area contributed by atoms with E-state index < -0.39 is 18.0 Å². The van der Waals surface area contributed by atoms with Crippen LogP contribution in [-0.4, -0.2) is 77.9 Å². The van der Waals surface area contributed by atoms with Crippen LogP contribution < -0.4 is 16.0 Å². The molecule has 3 N–H and O–H groups in total. The van der Waals surface area contributed by atoms with Gasteiger partial charge in [-0.1, -0.05) is 0 Å². The van der Waals surface area contributed by atoms with Gasteiger partial charge in [-0.2, -0.15) is 0 Å². The number of piperazine rings is 1. The third-order valence-electron chi connectivity index (χ3n) is 4.40. The summed E-state index contributed by atoms with van der Waals surface area (Å²) in [5.74, 6) is -0.763. The largest absolute Gasteiger partial charge is 0.354 e. The van der Waals surface area contributed by atoms with E-state index in [1.165, 1.54) is 11.8 Å². The van der Waals surface area contributed by atoms with Crippen molar-refractivity contribution in [2.45, 2.75) is 51.7 Å². The van der Waals surface area contributed by atoms with E-state index in [-0.39, 0.29) is 37.0 Å². The number of hydrogen-bond donors (Lipinski definition) is 3. The molecule has 2 heterocycles. The monoisotopic (exact) mass is 353 g/mol. The molecule has 0 aromatic carbocycles. The zero-order valence-electron chi connectivity index (χ0n) is 15.0. The number of urea groups is 1. The van der Waals surface area contributed by atoms with Crippen molar-refractivity contribution in [1.29, 1.82) is 0 Å². The fourth-order valence-corrected chi connectivity index (χ4v) is 3.04. The molecule has 2 saturated heterocycles. The van der Waals surface area contributed by atoms with E-state index in [4.69, 9.17) is 0 Å². The van der Waals surface area contributed by atoms with Crippen LogP contribution in [0.25, 0.3) is 0 Å². The molecular formula is C16H27N5O4.